The number of rotatable bonds is 0. The minimum Gasteiger partial charge on any atom is -0.262 e. The fourth-order valence-electron chi connectivity index (χ4n) is 0.253. The summed E-state index contributed by atoms with van der Waals surface area (Å²) in [4.78, 5) is 7.44. The maximum absolute atomic E-state index is 3.72. The molecule has 0 atom stereocenters. The maximum atomic E-state index is 3.72. The van der Waals surface area contributed by atoms with Crippen molar-refractivity contribution < 1.29 is 20.4 Å². The maximum Gasteiger partial charge on any atom is 0.0451 e. The van der Waals surface area contributed by atoms with E-state index in [9.17, 15) is 0 Å². The van der Waals surface area contributed by atoms with E-state index >= 15 is 0 Å². The van der Waals surface area contributed by atoms with Crippen LogP contribution in [0.2, 0.25) is 0 Å². The van der Waals surface area contributed by atoms with Crippen LogP contribution in [0.15, 0.2) is 24.8 Å². The van der Waals surface area contributed by atoms with Crippen molar-refractivity contribution in [3.05, 3.63) is 24.8 Å². The second-order valence-corrected chi connectivity index (χ2v) is 0.894. The van der Waals surface area contributed by atoms with Gasteiger partial charge in [0.2, 0.25) is 0 Å². The van der Waals surface area contributed by atoms with Gasteiger partial charge in [-0.15, -0.1) is 0 Å². The zero-order valence-corrected chi connectivity index (χ0v) is 5.07. The van der Waals surface area contributed by atoms with Crippen molar-refractivity contribution in [3.63, 3.8) is 0 Å². The SMILES string of the molecule is [Pd].c1cnccn1. The van der Waals surface area contributed by atoms with Gasteiger partial charge >= 0.3 is 0 Å². The van der Waals surface area contributed by atoms with E-state index in [-0.39, 0.29) is 20.4 Å². The molecule has 0 amide bonds. The van der Waals surface area contributed by atoms with E-state index in [0.717, 1.165) is 0 Å². The van der Waals surface area contributed by atoms with E-state index < -0.39 is 0 Å². The molecule has 0 radical (unpaired) electrons. The molecule has 0 bridgehead atoms. The van der Waals surface area contributed by atoms with Gasteiger partial charge in [0.25, 0.3) is 0 Å². The summed E-state index contributed by atoms with van der Waals surface area (Å²) < 4.78 is 0. The first-order valence-corrected chi connectivity index (χ1v) is 1.70. The molecule has 0 aliphatic carbocycles. The number of hydrogen-bond acceptors (Lipinski definition) is 2. The van der Waals surface area contributed by atoms with Gasteiger partial charge in [0.05, 0.1) is 0 Å². The molecular weight excluding hydrogens is 182 g/mol. The van der Waals surface area contributed by atoms with Crippen molar-refractivity contribution in [3.8, 4) is 0 Å². The van der Waals surface area contributed by atoms with Gasteiger partial charge < -0.3 is 0 Å². The Morgan fingerprint density at radius 3 is 1.14 bits per heavy atom. The first-order valence-electron chi connectivity index (χ1n) is 1.70. The number of nitrogens with zero attached hydrogens (tertiary/aromatic N) is 2. The average Bonchev–Trinajstić information content (AvgIpc) is 1.72. The Labute approximate surface area is 55.6 Å². The molecule has 0 fully saturated rings. The van der Waals surface area contributed by atoms with Gasteiger partial charge in [0.1, 0.15) is 0 Å². The molecular formula is C4H4N2Pd. The van der Waals surface area contributed by atoms with Crippen LogP contribution >= 0.6 is 0 Å². The monoisotopic (exact) mass is 186 g/mol. The fraction of sp³-hybridized carbons (Fsp3) is 0. The molecule has 0 aliphatic rings. The van der Waals surface area contributed by atoms with Crippen LogP contribution < -0.4 is 0 Å². The van der Waals surface area contributed by atoms with Crippen LogP contribution in [0.3, 0.4) is 0 Å². The molecule has 1 heterocycles. The van der Waals surface area contributed by atoms with Crippen molar-refractivity contribution in [1.82, 2.24) is 9.97 Å². The molecule has 1 aromatic heterocycles. The van der Waals surface area contributed by atoms with Crippen molar-refractivity contribution in [1.29, 1.82) is 0 Å². The minimum absolute atomic E-state index is 0. The number of aromatic nitrogens is 2. The van der Waals surface area contributed by atoms with Crippen LogP contribution in [-0.2, 0) is 20.4 Å². The molecule has 0 unspecified atom stereocenters. The predicted molar refractivity (Wildman–Crippen MR) is 22.0 cm³/mol. The summed E-state index contributed by atoms with van der Waals surface area (Å²) in [5.74, 6) is 0. The first kappa shape index (κ1) is 6.74. The largest absolute Gasteiger partial charge is 0.262 e. The van der Waals surface area contributed by atoms with Crippen molar-refractivity contribution in [2.45, 2.75) is 0 Å². The molecule has 40 valence electrons. The van der Waals surface area contributed by atoms with E-state index in [0.29, 0.717) is 0 Å². The van der Waals surface area contributed by atoms with Crippen molar-refractivity contribution in [2.75, 3.05) is 0 Å². The zero-order chi connectivity index (χ0) is 4.24. The smallest absolute Gasteiger partial charge is 0.0451 e. The van der Waals surface area contributed by atoms with Crippen LogP contribution in [0.4, 0.5) is 0 Å². The second-order valence-electron chi connectivity index (χ2n) is 0.894. The molecule has 1 rings (SSSR count). The van der Waals surface area contributed by atoms with Gasteiger partial charge in [0.15, 0.2) is 0 Å². The van der Waals surface area contributed by atoms with Gasteiger partial charge in [-0.2, -0.15) is 0 Å². The standard InChI is InChI=1S/C4H4N2.Pd/c1-2-6-4-3-5-1;/h1-4H;. The van der Waals surface area contributed by atoms with E-state index in [1.807, 2.05) is 0 Å². The molecule has 0 spiro atoms. The Bertz CT molecular complexity index is 81.6. The summed E-state index contributed by atoms with van der Waals surface area (Å²) in [6.45, 7) is 0. The van der Waals surface area contributed by atoms with Gasteiger partial charge in [-0.3, -0.25) is 9.97 Å². The second kappa shape index (κ2) is 3.92. The van der Waals surface area contributed by atoms with Crippen LogP contribution in [0.5, 0.6) is 0 Å². The van der Waals surface area contributed by atoms with E-state index in [4.69, 9.17) is 0 Å². The predicted octanol–water partition coefficient (Wildman–Crippen LogP) is 0.474. The van der Waals surface area contributed by atoms with Crippen LogP contribution in [0, 0.1) is 0 Å². The Balaban J connectivity index is 0.000000360. The molecule has 0 N–H and O–H groups in total. The molecule has 0 aromatic carbocycles. The van der Waals surface area contributed by atoms with Gasteiger partial charge in [0, 0.05) is 45.2 Å². The Kier molecular flexibility index (Phi) is 3.77. The topological polar surface area (TPSA) is 25.8 Å². The Morgan fingerprint density at radius 2 is 1.00 bits per heavy atom. The quantitative estimate of drug-likeness (QED) is 0.551. The third-order valence-corrected chi connectivity index (χ3v) is 0.478. The first-order chi connectivity index (χ1) is 3.00. The summed E-state index contributed by atoms with van der Waals surface area (Å²) >= 11 is 0. The summed E-state index contributed by atoms with van der Waals surface area (Å²) in [5, 5.41) is 0. The molecule has 2 nitrogen and oxygen atoms in total. The van der Waals surface area contributed by atoms with Gasteiger partial charge in [-0.1, -0.05) is 0 Å². The normalized spacial score (nSPS) is 6.86. The summed E-state index contributed by atoms with van der Waals surface area (Å²) in [6.07, 6.45) is 6.56. The van der Waals surface area contributed by atoms with Crippen molar-refractivity contribution in [2.24, 2.45) is 0 Å². The van der Waals surface area contributed by atoms with E-state index in [1.54, 1.807) is 24.8 Å². The third-order valence-electron chi connectivity index (χ3n) is 0.478. The average molecular weight is 187 g/mol. The van der Waals surface area contributed by atoms with Crippen molar-refractivity contribution >= 4 is 0 Å². The Hall–Kier alpha value is -0.258. The molecule has 0 saturated carbocycles. The van der Waals surface area contributed by atoms with Crippen LogP contribution in [0.1, 0.15) is 0 Å². The molecule has 7 heavy (non-hydrogen) atoms. The summed E-state index contributed by atoms with van der Waals surface area (Å²) in [5.41, 5.74) is 0. The molecule has 0 aliphatic heterocycles. The minimum atomic E-state index is 0. The zero-order valence-electron chi connectivity index (χ0n) is 3.52. The number of hydrogen-bond donors (Lipinski definition) is 0. The van der Waals surface area contributed by atoms with Gasteiger partial charge in [-0.05, 0) is 0 Å². The van der Waals surface area contributed by atoms with Crippen LogP contribution in [-0.4, -0.2) is 9.97 Å². The molecule has 0 saturated heterocycles. The summed E-state index contributed by atoms with van der Waals surface area (Å²) in [7, 11) is 0. The summed E-state index contributed by atoms with van der Waals surface area (Å²) in [6, 6.07) is 0. The molecule has 1 aromatic rings. The third kappa shape index (κ3) is 2.44. The van der Waals surface area contributed by atoms with Crippen LogP contribution in [0.25, 0.3) is 0 Å². The van der Waals surface area contributed by atoms with E-state index in [1.165, 1.54) is 0 Å². The fourth-order valence-corrected chi connectivity index (χ4v) is 0.253. The molecule has 3 heteroatoms. The van der Waals surface area contributed by atoms with Gasteiger partial charge in [-0.25, -0.2) is 0 Å². The Morgan fingerprint density at radius 1 is 0.714 bits per heavy atom. The van der Waals surface area contributed by atoms with E-state index in [2.05, 4.69) is 9.97 Å².